The smallest absolute Gasteiger partial charge is 0.245 e. The average molecular weight is 314 g/mol. The van der Waals surface area contributed by atoms with Crippen molar-refractivity contribution < 1.29 is 13.2 Å². The molecule has 0 fully saturated rings. The first-order valence-corrected chi connectivity index (χ1v) is 8.10. The van der Waals surface area contributed by atoms with E-state index < -0.39 is 10.0 Å². The monoisotopic (exact) mass is 314 g/mol. The van der Waals surface area contributed by atoms with E-state index in [1.165, 1.54) is 25.4 Å². The molecule has 21 heavy (non-hydrogen) atoms. The molecule has 0 unspecified atom stereocenters. The Hall–Kier alpha value is -1.51. The van der Waals surface area contributed by atoms with Crippen LogP contribution in [0.4, 0.5) is 0 Å². The summed E-state index contributed by atoms with van der Waals surface area (Å²) in [4.78, 5) is 15.7. The molecule has 1 amide bonds. The van der Waals surface area contributed by atoms with E-state index in [-0.39, 0.29) is 29.6 Å². The summed E-state index contributed by atoms with van der Waals surface area (Å²) < 4.78 is 25.9. The van der Waals surface area contributed by atoms with Crippen LogP contribution in [-0.2, 0) is 21.4 Å². The number of rotatable bonds is 7. The molecular formula is C13H22N4O3S. The Kier molecular flexibility index (Phi) is 6.25. The molecule has 0 atom stereocenters. The molecule has 1 rings (SSSR count). The first-order valence-electron chi connectivity index (χ1n) is 6.66. The van der Waals surface area contributed by atoms with Crippen molar-refractivity contribution in [1.29, 1.82) is 0 Å². The number of likely N-dealkylation sites (N-methyl/N-ethyl adjacent to an activating group) is 1. The van der Waals surface area contributed by atoms with E-state index >= 15 is 0 Å². The zero-order valence-corrected chi connectivity index (χ0v) is 13.4. The van der Waals surface area contributed by atoms with Gasteiger partial charge in [0.05, 0.1) is 12.2 Å². The normalized spacial score (nSPS) is 11.9. The van der Waals surface area contributed by atoms with Gasteiger partial charge in [-0.15, -0.1) is 0 Å². The SMILES string of the molecule is CC(C)CNC(=O)CN(C)S(=O)(=O)c1cccnc1CN. The van der Waals surface area contributed by atoms with Crippen LogP contribution < -0.4 is 11.1 Å². The number of nitrogens with two attached hydrogens (primary N) is 1. The summed E-state index contributed by atoms with van der Waals surface area (Å²) in [6.45, 7) is 4.21. The Balaban J connectivity index is 2.85. The third-order valence-electron chi connectivity index (χ3n) is 2.80. The van der Waals surface area contributed by atoms with E-state index in [4.69, 9.17) is 5.73 Å². The quantitative estimate of drug-likeness (QED) is 0.733. The van der Waals surface area contributed by atoms with Crippen molar-refractivity contribution in [2.24, 2.45) is 11.7 Å². The maximum atomic E-state index is 12.4. The second-order valence-corrected chi connectivity index (χ2v) is 7.12. The van der Waals surface area contributed by atoms with Gasteiger partial charge in [0.25, 0.3) is 0 Å². The standard InChI is InChI=1S/C13H22N4O3S/c1-10(2)8-16-13(18)9-17(3)21(19,20)12-5-4-6-15-11(12)7-14/h4-6,10H,7-9,14H2,1-3H3,(H,16,18). The van der Waals surface area contributed by atoms with Crippen LogP contribution in [0.2, 0.25) is 0 Å². The van der Waals surface area contributed by atoms with Crippen molar-refractivity contribution in [1.82, 2.24) is 14.6 Å². The first-order chi connectivity index (χ1) is 9.78. The molecule has 0 aliphatic heterocycles. The van der Waals surface area contributed by atoms with Crippen LogP contribution in [0.5, 0.6) is 0 Å². The lowest BCUT2D eigenvalue weighted by molar-refractivity contribution is -0.121. The first kappa shape index (κ1) is 17.5. The molecule has 0 bridgehead atoms. The van der Waals surface area contributed by atoms with Gasteiger partial charge >= 0.3 is 0 Å². The number of carbonyl (C=O) groups excluding carboxylic acids is 1. The number of nitrogens with zero attached hydrogens (tertiary/aromatic N) is 2. The highest BCUT2D eigenvalue weighted by Gasteiger charge is 2.25. The lowest BCUT2D eigenvalue weighted by Crippen LogP contribution is -2.39. The number of amides is 1. The second kappa shape index (κ2) is 7.48. The van der Waals surface area contributed by atoms with Crippen molar-refractivity contribution in [2.45, 2.75) is 25.3 Å². The highest BCUT2D eigenvalue weighted by Crippen LogP contribution is 2.16. The van der Waals surface area contributed by atoms with E-state index in [1.54, 1.807) is 0 Å². The Bertz CT molecular complexity index is 587. The molecule has 0 spiro atoms. The fourth-order valence-corrected chi connectivity index (χ4v) is 2.95. The van der Waals surface area contributed by atoms with Gasteiger partial charge in [-0.05, 0) is 18.1 Å². The fourth-order valence-electron chi connectivity index (χ4n) is 1.64. The van der Waals surface area contributed by atoms with Crippen molar-refractivity contribution in [3.05, 3.63) is 24.0 Å². The summed E-state index contributed by atoms with van der Waals surface area (Å²) >= 11 is 0. The molecule has 7 nitrogen and oxygen atoms in total. The molecule has 0 aliphatic rings. The number of hydrogen-bond donors (Lipinski definition) is 2. The van der Waals surface area contributed by atoms with Crippen LogP contribution in [-0.4, -0.2) is 43.8 Å². The van der Waals surface area contributed by atoms with E-state index in [9.17, 15) is 13.2 Å². The van der Waals surface area contributed by atoms with E-state index in [0.717, 1.165) is 4.31 Å². The van der Waals surface area contributed by atoms with Gasteiger partial charge in [-0.2, -0.15) is 4.31 Å². The number of sulfonamides is 1. The number of carbonyl (C=O) groups is 1. The molecule has 1 heterocycles. The molecule has 0 aliphatic carbocycles. The van der Waals surface area contributed by atoms with Gasteiger partial charge in [-0.3, -0.25) is 9.78 Å². The fraction of sp³-hybridized carbons (Fsp3) is 0.538. The second-order valence-electron chi connectivity index (χ2n) is 5.11. The number of nitrogens with one attached hydrogen (secondary N) is 1. The van der Waals surface area contributed by atoms with Crippen LogP contribution in [0.25, 0.3) is 0 Å². The van der Waals surface area contributed by atoms with Crippen LogP contribution in [0.15, 0.2) is 23.2 Å². The van der Waals surface area contributed by atoms with E-state index in [2.05, 4.69) is 10.3 Å². The Morgan fingerprint density at radius 3 is 2.71 bits per heavy atom. The van der Waals surface area contributed by atoms with Crippen molar-refractivity contribution >= 4 is 15.9 Å². The minimum atomic E-state index is -3.79. The van der Waals surface area contributed by atoms with Crippen molar-refractivity contribution in [2.75, 3.05) is 20.1 Å². The lowest BCUT2D eigenvalue weighted by Gasteiger charge is -2.18. The molecule has 3 N–H and O–H groups in total. The van der Waals surface area contributed by atoms with Crippen LogP contribution in [0, 0.1) is 5.92 Å². The van der Waals surface area contributed by atoms with Gasteiger partial charge in [0.15, 0.2) is 0 Å². The lowest BCUT2D eigenvalue weighted by atomic mass is 10.2. The Morgan fingerprint density at radius 2 is 2.14 bits per heavy atom. The van der Waals surface area contributed by atoms with Gasteiger partial charge in [0, 0.05) is 26.3 Å². The third-order valence-corrected chi connectivity index (χ3v) is 4.68. The molecule has 0 radical (unpaired) electrons. The highest BCUT2D eigenvalue weighted by molar-refractivity contribution is 7.89. The maximum absolute atomic E-state index is 12.4. The predicted molar refractivity (Wildman–Crippen MR) is 79.8 cm³/mol. The molecule has 0 saturated heterocycles. The third kappa shape index (κ3) is 4.76. The zero-order chi connectivity index (χ0) is 16.0. The molecular weight excluding hydrogens is 292 g/mol. The van der Waals surface area contributed by atoms with Gasteiger partial charge in [-0.1, -0.05) is 13.8 Å². The average Bonchev–Trinajstić information content (AvgIpc) is 2.44. The van der Waals surface area contributed by atoms with Crippen LogP contribution in [0.3, 0.4) is 0 Å². The summed E-state index contributed by atoms with van der Waals surface area (Å²) in [5.74, 6) is -0.0361. The van der Waals surface area contributed by atoms with Gasteiger partial charge in [0.2, 0.25) is 15.9 Å². The summed E-state index contributed by atoms with van der Waals surface area (Å²) in [6.07, 6.45) is 1.48. The highest BCUT2D eigenvalue weighted by atomic mass is 32.2. The van der Waals surface area contributed by atoms with E-state index in [1.807, 2.05) is 13.8 Å². The molecule has 8 heteroatoms. The van der Waals surface area contributed by atoms with Crippen molar-refractivity contribution in [3.8, 4) is 0 Å². The minimum Gasteiger partial charge on any atom is -0.355 e. The summed E-state index contributed by atoms with van der Waals surface area (Å²) in [5.41, 5.74) is 5.79. The van der Waals surface area contributed by atoms with Gasteiger partial charge in [-0.25, -0.2) is 8.42 Å². The largest absolute Gasteiger partial charge is 0.355 e. The van der Waals surface area contributed by atoms with Crippen LogP contribution >= 0.6 is 0 Å². The summed E-state index contributed by atoms with van der Waals surface area (Å²) in [6, 6.07) is 2.96. The van der Waals surface area contributed by atoms with E-state index in [0.29, 0.717) is 12.5 Å². The molecule has 118 valence electrons. The van der Waals surface area contributed by atoms with Gasteiger partial charge < -0.3 is 11.1 Å². The topological polar surface area (TPSA) is 105 Å². The van der Waals surface area contributed by atoms with Crippen LogP contribution in [0.1, 0.15) is 19.5 Å². The summed E-state index contributed by atoms with van der Waals surface area (Å²) in [7, 11) is -2.43. The molecule has 1 aromatic rings. The minimum absolute atomic E-state index is 0.0167. The molecule has 0 saturated carbocycles. The maximum Gasteiger partial charge on any atom is 0.245 e. The van der Waals surface area contributed by atoms with Gasteiger partial charge in [0.1, 0.15) is 4.90 Å². The number of hydrogen-bond acceptors (Lipinski definition) is 5. The summed E-state index contributed by atoms with van der Waals surface area (Å²) in [5, 5.41) is 2.68. The van der Waals surface area contributed by atoms with Crippen molar-refractivity contribution in [3.63, 3.8) is 0 Å². The molecule has 0 aromatic carbocycles. The number of pyridine rings is 1. The molecule has 1 aromatic heterocycles. The zero-order valence-electron chi connectivity index (χ0n) is 12.5. The number of aromatic nitrogens is 1. The predicted octanol–water partition coefficient (Wildman–Crippen LogP) is -0.0670. The Morgan fingerprint density at radius 1 is 1.48 bits per heavy atom. The Labute approximate surface area is 125 Å².